The van der Waals surface area contributed by atoms with E-state index in [1.807, 2.05) is 54.6 Å². The molecule has 0 aliphatic rings. The smallest absolute Gasteiger partial charge is 0.347 e. The first-order valence-electron chi connectivity index (χ1n) is 7.29. The van der Waals surface area contributed by atoms with Gasteiger partial charge in [-0.05, 0) is 23.8 Å². The van der Waals surface area contributed by atoms with Crippen LogP contribution in [0.3, 0.4) is 0 Å². The highest BCUT2D eigenvalue weighted by molar-refractivity contribution is 5.94. The number of esters is 1. The third-order valence-electron chi connectivity index (χ3n) is 3.50. The van der Waals surface area contributed by atoms with Crippen molar-refractivity contribution in [1.82, 2.24) is 0 Å². The van der Waals surface area contributed by atoms with Gasteiger partial charge in [-0.1, -0.05) is 60.7 Å². The summed E-state index contributed by atoms with van der Waals surface area (Å²) in [6, 6.07) is 24.3. The Bertz CT molecular complexity index is 810. The fraction of sp³-hybridized carbons (Fsp3) is 0.0500. The Labute approximate surface area is 135 Å². The zero-order chi connectivity index (χ0) is 16.1. The monoisotopic (exact) mass is 304 g/mol. The summed E-state index contributed by atoms with van der Waals surface area (Å²) in [7, 11) is 1.53. The van der Waals surface area contributed by atoms with Crippen molar-refractivity contribution in [2.75, 3.05) is 7.11 Å². The highest BCUT2D eigenvalue weighted by atomic mass is 16.5. The molecule has 0 bridgehead atoms. The molecule has 3 aromatic rings. The lowest BCUT2D eigenvalue weighted by atomic mass is 10.0. The van der Waals surface area contributed by atoms with E-state index in [0.29, 0.717) is 17.1 Å². The fourth-order valence-corrected chi connectivity index (χ4v) is 2.38. The first-order valence-corrected chi connectivity index (χ1v) is 7.29. The van der Waals surface area contributed by atoms with Crippen LogP contribution in [-0.4, -0.2) is 13.1 Å². The van der Waals surface area contributed by atoms with Crippen molar-refractivity contribution in [3.05, 3.63) is 84.4 Å². The van der Waals surface area contributed by atoms with Crippen LogP contribution < -0.4 is 9.47 Å². The molecule has 3 aromatic carbocycles. The fourth-order valence-electron chi connectivity index (χ4n) is 2.38. The van der Waals surface area contributed by atoms with E-state index in [0.717, 1.165) is 11.1 Å². The minimum absolute atomic E-state index is 0.401. The summed E-state index contributed by atoms with van der Waals surface area (Å²) in [6.07, 6.45) is 0. The maximum Gasteiger partial charge on any atom is 0.347 e. The average molecular weight is 304 g/mol. The van der Waals surface area contributed by atoms with Gasteiger partial charge in [0.15, 0.2) is 0 Å². The van der Waals surface area contributed by atoms with Gasteiger partial charge in [-0.3, -0.25) is 0 Å². The highest BCUT2D eigenvalue weighted by Gasteiger charge is 2.16. The zero-order valence-electron chi connectivity index (χ0n) is 12.7. The Kier molecular flexibility index (Phi) is 4.39. The maximum atomic E-state index is 12.5. The lowest BCUT2D eigenvalue weighted by Gasteiger charge is -2.11. The van der Waals surface area contributed by atoms with Gasteiger partial charge in [0.25, 0.3) is 0 Å². The summed E-state index contributed by atoms with van der Waals surface area (Å²) in [6.45, 7) is 0. The number of rotatable bonds is 4. The first kappa shape index (κ1) is 14.9. The molecule has 3 nitrogen and oxygen atoms in total. The van der Waals surface area contributed by atoms with Crippen LogP contribution in [0.2, 0.25) is 0 Å². The van der Waals surface area contributed by atoms with Gasteiger partial charge >= 0.3 is 5.97 Å². The molecule has 0 radical (unpaired) electrons. The van der Waals surface area contributed by atoms with Gasteiger partial charge in [0, 0.05) is 5.56 Å². The molecule has 0 aliphatic carbocycles. The number of ether oxygens (including phenoxy) is 2. The molecule has 3 heteroatoms. The van der Waals surface area contributed by atoms with Gasteiger partial charge in [0.05, 0.1) is 7.11 Å². The van der Waals surface area contributed by atoms with Crippen LogP contribution in [-0.2, 0) is 0 Å². The molecule has 0 aromatic heterocycles. The van der Waals surface area contributed by atoms with E-state index in [1.165, 1.54) is 7.11 Å². The molecule has 0 saturated heterocycles. The topological polar surface area (TPSA) is 35.5 Å². The molecule has 114 valence electrons. The summed E-state index contributed by atoms with van der Waals surface area (Å²) < 4.78 is 10.8. The van der Waals surface area contributed by atoms with Crippen molar-refractivity contribution in [2.24, 2.45) is 0 Å². The highest BCUT2D eigenvalue weighted by Crippen LogP contribution is 2.30. The zero-order valence-corrected chi connectivity index (χ0v) is 12.7. The number of carbonyl (C=O) groups is 1. The molecule has 0 aliphatic heterocycles. The van der Waals surface area contributed by atoms with Gasteiger partial charge in [-0.25, -0.2) is 4.79 Å². The summed E-state index contributed by atoms with van der Waals surface area (Å²) in [5.74, 6) is 0.579. The lowest BCUT2D eigenvalue weighted by molar-refractivity contribution is 0.0732. The van der Waals surface area contributed by atoms with Crippen molar-refractivity contribution in [3.63, 3.8) is 0 Å². The predicted octanol–water partition coefficient (Wildman–Crippen LogP) is 4.58. The van der Waals surface area contributed by atoms with Crippen LogP contribution in [0, 0.1) is 0 Å². The number of carbonyl (C=O) groups excluding carboxylic acids is 1. The minimum atomic E-state index is -0.439. The molecule has 0 N–H and O–H groups in total. The molecule has 0 fully saturated rings. The molecular formula is C20H16O3. The van der Waals surface area contributed by atoms with Gasteiger partial charge in [0.2, 0.25) is 0 Å². The van der Waals surface area contributed by atoms with Crippen molar-refractivity contribution < 1.29 is 14.3 Å². The predicted molar refractivity (Wildman–Crippen MR) is 89.8 cm³/mol. The molecule has 23 heavy (non-hydrogen) atoms. The second-order valence-corrected chi connectivity index (χ2v) is 4.95. The molecule has 0 heterocycles. The Balaban J connectivity index is 1.93. The third-order valence-corrected chi connectivity index (χ3v) is 3.50. The second kappa shape index (κ2) is 6.79. The normalized spacial score (nSPS) is 10.1. The van der Waals surface area contributed by atoms with E-state index in [1.54, 1.807) is 24.3 Å². The van der Waals surface area contributed by atoms with Crippen LogP contribution >= 0.6 is 0 Å². The van der Waals surface area contributed by atoms with E-state index in [4.69, 9.17) is 9.47 Å². The van der Waals surface area contributed by atoms with Gasteiger partial charge in [0.1, 0.15) is 17.1 Å². The van der Waals surface area contributed by atoms with E-state index < -0.39 is 5.97 Å². The molecule has 0 saturated carbocycles. The Hall–Kier alpha value is -3.07. The number of hydrogen-bond acceptors (Lipinski definition) is 3. The third kappa shape index (κ3) is 3.24. The average Bonchev–Trinajstić information content (AvgIpc) is 2.63. The van der Waals surface area contributed by atoms with E-state index in [-0.39, 0.29) is 0 Å². The lowest BCUT2D eigenvalue weighted by Crippen LogP contribution is -2.10. The number of methoxy groups -OCH3 is 1. The van der Waals surface area contributed by atoms with Crippen molar-refractivity contribution in [3.8, 4) is 22.6 Å². The Morgan fingerprint density at radius 2 is 1.35 bits per heavy atom. The van der Waals surface area contributed by atoms with Crippen LogP contribution in [0.1, 0.15) is 10.4 Å². The number of benzene rings is 3. The van der Waals surface area contributed by atoms with Gasteiger partial charge in [-0.2, -0.15) is 0 Å². The minimum Gasteiger partial charge on any atom is -0.496 e. The van der Waals surface area contributed by atoms with Crippen LogP contribution in [0.25, 0.3) is 11.1 Å². The van der Waals surface area contributed by atoms with Gasteiger partial charge in [-0.15, -0.1) is 0 Å². The van der Waals surface area contributed by atoms with E-state index in [2.05, 4.69) is 0 Å². The van der Waals surface area contributed by atoms with Crippen molar-refractivity contribution in [1.29, 1.82) is 0 Å². The second-order valence-electron chi connectivity index (χ2n) is 4.95. The molecule has 0 atom stereocenters. The molecule has 0 amide bonds. The molecular weight excluding hydrogens is 288 g/mol. The summed E-state index contributed by atoms with van der Waals surface area (Å²) in [4.78, 5) is 12.5. The van der Waals surface area contributed by atoms with E-state index >= 15 is 0 Å². The Morgan fingerprint density at radius 3 is 2.09 bits per heavy atom. The van der Waals surface area contributed by atoms with E-state index in [9.17, 15) is 4.79 Å². The largest absolute Gasteiger partial charge is 0.496 e. The standard InChI is InChI=1S/C20H16O3/c1-22-18-13-7-6-12-17(18)20(21)23-19-14-8-5-11-16(19)15-9-3-2-4-10-15/h2-14H,1H3. The van der Waals surface area contributed by atoms with Crippen LogP contribution in [0.5, 0.6) is 11.5 Å². The van der Waals surface area contributed by atoms with Crippen molar-refractivity contribution in [2.45, 2.75) is 0 Å². The maximum absolute atomic E-state index is 12.5. The Morgan fingerprint density at radius 1 is 0.739 bits per heavy atom. The van der Waals surface area contributed by atoms with Gasteiger partial charge < -0.3 is 9.47 Å². The quantitative estimate of drug-likeness (QED) is 0.523. The number of para-hydroxylation sites is 2. The van der Waals surface area contributed by atoms with Crippen LogP contribution in [0.4, 0.5) is 0 Å². The van der Waals surface area contributed by atoms with Crippen LogP contribution in [0.15, 0.2) is 78.9 Å². The number of hydrogen-bond donors (Lipinski definition) is 0. The first-order chi connectivity index (χ1) is 11.3. The summed E-state index contributed by atoms with van der Waals surface area (Å²) in [5.41, 5.74) is 2.27. The summed E-state index contributed by atoms with van der Waals surface area (Å²) in [5, 5.41) is 0. The summed E-state index contributed by atoms with van der Waals surface area (Å²) >= 11 is 0. The molecule has 3 rings (SSSR count). The van der Waals surface area contributed by atoms with Crippen molar-refractivity contribution >= 4 is 5.97 Å². The SMILES string of the molecule is COc1ccccc1C(=O)Oc1ccccc1-c1ccccc1. The molecule has 0 spiro atoms. The molecule has 0 unspecified atom stereocenters.